The second kappa shape index (κ2) is 15.1. The number of methoxy groups -OCH3 is 1. The summed E-state index contributed by atoms with van der Waals surface area (Å²) in [5, 5.41) is 11.2. The summed E-state index contributed by atoms with van der Waals surface area (Å²) >= 11 is 6.00. The number of nitrogen functional groups attached to an aromatic ring is 1. The van der Waals surface area contributed by atoms with Crippen LogP contribution in [0.4, 0.5) is 10.6 Å². The number of rotatable bonds is 12. The summed E-state index contributed by atoms with van der Waals surface area (Å²) in [7, 11) is 1.36. The highest BCUT2D eigenvalue weighted by Gasteiger charge is 2.59. The monoisotopic (exact) mass is 737 g/mol. The van der Waals surface area contributed by atoms with Crippen LogP contribution in [0.15, 0.2) is 18.0 Å². The predicted molar refractivity (Wildman–Crippen MR) is 203 cm³/mol. The van der Waals surface area contributed by atoms with E-state index in [9.17, 15) is 9.90 Å². The van der Waals surface area contributed by atoms with E-state index in [0.717, 1.165) is 61.2 Å². The molecular formula is C41H60ClN5O5. The molecule has 3 fully saturated rings. The number of imidazole rings is 1. The highest BCUT2D eigenvalue weighted by atomic mass is 35.5. The van der Waals surface area contributed by atoms with Crippen LogP contribution in [0.25, 0.3) is 11.2 Å². The number of nitrogens with zero attached hydrogens (tertiary/aromatic N) is 4. The average Bonchev–Trinajstić information content (AvgIpc) is 3.68. The molecule has 0 radical (unpaired) electrons. The number of aliphatic hydroxyl groups is 1. The van der Waals surface area contributed by atoms with Crippen LogP contribution in [0, 0.1) is 64.6 Å². The standard InChI is InChI=1S/C41H60ClN5O5/c1-9-41(50-8,33(48)21-47-23-44-34-35(43)45-37(42)46-36(34)47)22-51-38(49)52-28-16-18-39(6)27(20-28)12-13-29-31-15-14-30(40(31,7)19-17-32(29)39)26(5)11-10-25(4)24(2)3/h1,12,23-26,28-33,48H,10-11,13-22H2,2-8H3,(H2,43,45,46)/t25-,26-,28+,29+,30-,31+,32+,33+,39+,40-,41?/m1/s1. The fourth-order valence-electron chi connectivity index (χ4n) is 11.0. The smallest absolute Gasteiger partial charge is 0.431 e. The molecule has 4 aliphatic carbocycles. The quantitative estimate of drug-likeness (QED) is 0.0956. The Bertz CT molecular complexity index is 1690. The number of carbonyl (C=O) groups excluding carboxylic acids is 1. The summed E-state index contributed by atoms with van der Waals surface area (Å²) in [5.74, 6) is 7.98. The topological polar surface area (TPSA) is 135 Å². The lowest BCUT2D eigenvalue weighted by atomic mass is 9.47. The van der Waals surface area contributed by atoms with Gasteiger partial charge in [0, 0.05) is 13.5 Å². The number of hydrogen-bond acceptors (Lipinski definition) is 9. The van der Waals surface area contributed by atoms with Crippen molar-refractivity contribution < 1.29 is 24.1 Å². The van der Waals surface area contributed by atoms with Gasteiger partial charge in [-0.1, -0.05) is 72.0 Å². The van der Waals surface area contributed by atoms with Crippen LogP contribution >= 0.6 is 11.6 Å². The molecule has 2 aromatic rings. The van der Waals surface area contributed by atoms with Gasteiger partial charge in [-0.2, -0.15) is 9.97 Å². The number of fused-ring (bicyclic) bond motifs is 6. The maximum absolute atomic E-state index is 13.1. The Labute approximate surface area is 315 Å². The SMILES string of the molecule is C#CC(COC(=O)O[C@H]1CC[C@@]2(C)C(=CC[C@H]3[C@@H]4CC[C@H]([C@H](C)CC[C@@H](C)C(C)C)[C@@]4(C)CC[C@@H]32)C1)(OC)[C@@H](O)Cn1cnc2c(N)nc(Cl)nc21. The van der Waals surface area contributed by atoms with Crippen LogP contribution in [0.3, 0.4) is 0 Å². The first-order valence-electron chi connectivity index (χ1n) is 19.5. The minimum atomic E-state index is -1.65. The fourth-order valence-corrected chi connectivity index (χ4v) is 11.2. The van der Waals surface area contributed by atoms with Gasteiger partial charge in [-0.15, -0.1) is 6.42 Å². The third kappa shape index (κ3) is 7.07. The van der Waals surface area contributed by atoms with Gasteiger partial charge in [-0.05, 0) is 109 Å². The van der Waals surface area contributed by atoms with Gasteiger partial charge in [-0.3, -0.25) is 0 Å². The predicted octanol–water partition coefficient (Wildman–Crippen LogP) is 8.25. The first-order chi connectivity index (χ1) is 24.7. The van der Waals surface area contributed by atoms with Crippen molar-refractivity contribution in [1.82, 2.24) is 19.5 Å². The van der Waals surface area contributed by atoms with Crippen LogP contribution < -0.4 is 5.73 Å². The van der Waals surface area contributed by atoms with Crippen molar-refractivity contribution in [3.05, 3.63) is 23.3 Å². The van der Waals surface area contributed by atoms with E-state index in [0.29, 0.717) is 22.5 Å². The maximum Gasteiger partial charge on any atom is 0.508 e. The number of ether oxygens (including phenoxy) is 3. The van der Waals surface area contributed by atoms with Crippen molar-refractivity contribution in [2.75, 3.05) is 19.5 Å². The maximum atomic E-state index is 13.1. The number of nitrogens with two attached hydrogens (primary N) is 1. The van der Waals surface area contributed by atoms with Crippen LogP contribution in [0.2, 0.25) is 5.28 Å². The van der Waals surface area contributed by atoms with Gasteiger partial charge in [0.05, 0.1) is 12.9 Å². The lowest BCUT2D eigenvalue weighted by Gasteiger charge is -2.58. The molecule has 0 aromatic carbocycles. The Morgan fingerprint density at radius 3 is 2.63 bits per heavy atom. The molecule has 11 heteroatoms. The zero-order chi connectivity index (χ0) is 37.6. The number of aliphatic hydroxyl groups excluding tert-OH is 1. The van der Waals surface area contributed by atoms with Gasteiger partial charge in [0.25, 0.3) is 0 Å². The number of allylic oxidation sites excluding steroid dienone is 1. The van der Waals surface area contributed by atoms with Crippen molar-refractivity contribution >= 4 is 34.7 Å². The lowest BCUT2D eigenvalue weighted by Crippen LogP contribution is -2.51. The van der Waals surface area contributed by atoms with Crippen LogP contribution in [-0.4, -0.2) is 62.3 Å². The third-order valence-electron chi connectivity index (χ3n) is 14.7. The van der Waals surface area contributed by atoms with Gasteiger partial charge >= 0.3 is 6.16 Å². The molecule has 0 bridgehead atoms. The summed E-state index contributed by atoms with van der Waals surface area (Å²) < 4.78 is 18.5. The molecule has 3 saturated carbocycles. The molecule has 6 rings (SSSR count). The first-order valence-corrected chi connectivity index (χ1v) is 19.9. The van der Waals surface area contributed by atoms with E-state index < -0.39 is 24.5 Å². The molecule has 0 spiro atoms. The van der Waals surface area contributed by atoms with Crippen LogP contribution in [-0.2, 0) is 20.8 Å². The molecule has 2 heterocycles. The van der Waals surface area contributed by atoms with E-state index in [1.165, 1.54) is 57.5 Å². The molecule has 286 valence electrons. The van der Waals surface area contributed by atoms with E-state index in [4.69, 9.17) is 38.0 Å². The van der Waals surface area contributed by atoms with Gasteiger partial charge in [0.2, 0.25) is 5.28 Å². The lowest BCUT2D eigenvalue weighted by molar-refractivity contribution is -0.108. The Hall–Kier alpha value is -2.87. The molecule has 3 N–H and O–H groups in total. The molecule has 4 aliphatic rings. The molecule has 2 aromatic heterocycles. The Kier molecular flexibility index (Phi) is 11.3. The Balaban J connectivity index is 1.05. The number of hydrogen-bond donors (Lipinski definition) is 2. The summed E-state index contributed by atoms with van der Waals surface area (Å²) in [6.07, 6.45) is 19.1. The summed E-state index contributed by atoms with van der Waals surface area (Å²) in [5.41, 5.74) is 6.97. The first kappa shape index (κ1) is 38.8. The van der Waals surface area contributed by atoms with E-state index in [2.05, 4.69) is 68.5 Å². The molecule has 0 aliphatic heterocycles. The summed E-state index contributed by atoms with van der Waals surface area (Å²) in [4.78, 5) is 25.4. The fraction of sp³-hybridized carbons (Fsp3) is 0.756. The molecule has 0 amide bonds. The van der Waals surface area contributed by atoms with Gasteiger partial charge in [0.1, 0.15) is 24.3 Å². The number of halogens is 1. The molecular weight excluding hydrogens is 678 g/mol. The Morgan fingerprint density at radius 1 is 1.15 bits per heavy atom. The zero-order valence-electron chi connectivity index (χ0n) is 32.2. The highest BCUT2D eigenvalue weighted by Crippen LogP contribution is 2.67. The van der Waals surface area contributed by atoms with E-state index in [1.807, 2.05) is 0 Å². The largest absolute Gasteiger partial charge is 0.508 e. The third-order valence-corrected chi connectivity index (χ3v) is 14.9. The zero-order valence-corrected chi connectivity index (χ0v) is 33.0. The molecule has 11 atom stereocenters. The second-order valence-electron chi connectivity index (χ2n) is 17.5. The molecule has 52 heavy (non-hydrogen) atoms. The second-order valence-corrected chi connectivity index (χ2v) is 17.8. The van der Waals surface area contributed by atoms with E-state index >= 15 is 0 Å². The van der Waals surface area contributed by atoms with Gasteiger partial charge in [0.15, 0.2) is 17.1 Å². The minimum absolute atomic E-state index is 0.0505. The van der Waals surface area contributed by atoms with Crippen LogP contribution in [0.5, 0.6) is 0 Å². The highest BCUT2D eigenvalue weighted by molar-refractivity contribution is 6.28. The number of carbonyl (C=O) groups is 1. The van der Waals surface area contributed by atoms with Crippen molar-refractivity contribution in [3.63, 3.8) is 0 Å². The van der Waals surface area contributed by atoms with Crippen molar-refractivity contribution in [3.8, 4) is 12.3 Å². The number of aromatic nitrogens is 4. The molecule has 1 unspecified atom stereocenters. The Morgan fingerprint density at radius 2 is 1.92 bits per heavy atom. The van der Waals surface area contributed by atoms with E-state index in [-0.39, 0.29) is 29.2 Å². The van der Waals surface area contributed by atoms with Gasteiger partial charge in [-0.25, -0.2) is 9.78 Å². The summed E-state index contributed by atoms with van der Waals surface area (Å²) in [6, 6.07) is 0. The van der Waals surface area contributed by atoms with Crippen molar-refractivity contribution in [1.29, 1.82) is 0 Å². The normalized spacial score (nSPS) is 32.8. The van der Waals surface area contributed by atoms with E-state index in [1.54, 1.807) is 4.57 Å². The number of terminal acetylenes is 1. The van der Waals surface area contributed by atoms with Crippen molar-refractivity contribution in [2.45, 2.75) is 130 Å². The minimum Gasteiger partial charge on any atom is -0.431 e. The molecule has 0 saturated heterocycles. The molecule has 10 nitrogen and oxygen atoms in total. The van der Waals surface area contributed by atoms with Crippen molar-refractivity contribution in [2.24, 2.45) is 52.3 Å². The number of anilines is 1. The summed E-state index contributed by atoms with van der Waals surface area (Å²) in [6.45, 7) is 14.3. The average molecular weight is 738 g/mol. The van der Waals surface area contributed by atoms with Crippen LogP contribution in [0.1, 0.15) is 106 Å². The van der Waals surface area contributed by atoms with Gasteiger partial charge < -0.3 is 29.6 Å².